The molecule has 0 aliphatic carbocycles. The van der Waals surface area contributed by atoms with Crippen molar-refractivity contribution < 1.29 is 0 Å². The third-order valence-corrected chi connectivity index (χ3v) is 3.74. The van der Waals surface area contributed by atoms with Crippen LogP contribution in [0.3, 0.4) is 0 Å². The Labute approximate surface area is 122 Å². The summed E-state index contributed by atoms with van der Waals surface area (Å²) >= 11 is 0. The van der Waals surface area contributed by atoms with Crippen LogP contribution >= 0.6 is 0 Å². The largest absolute Gasteiger partial charge is 0.308 e. The van der Waals surface area contributed by atoms with Crippen LogP contribution in [0.15, 0.2) is 42.6 Å². The Morgan fingerprint density at radius 1 is 1.15 bits per heavy atom. The first-order valence-corrected chi connectivity index (χ1v) is 7.54. The number of nitrogens with one attached hydrogen (secondary N) is 1. The summed E-state index contributed by atoms with van der Waals surface area (Å²) in [6, 6.07) is 13.2. The lowest BCUT2D eigenvalue weighted by Gasteiger charge is -2.26. The molecule has 108 valence electrons. The summed E-state index contributed by atoms with van der Waals surface area (Å²) in [6.45, 7) is 5.47. The molecule has 0 saturated carbocycles. The van der Waals surface area contributed by atoms with Gasteiger partial charge < -0.3 is 5.32 Å². The molecule has 0 aliphatic heterocycles. The second kappa shape index (κ2) is 7.25. The van der Waals surface area contributed by atoms with E-state index in [9.17, 15) is 0 Å². The van der Waals surface area contributed by atoms with Gasteiger partial charge in [-0.25, -0.2) is 0 Å². The molecule has 20 heavy (non-hydrogen) atoms. The minimum absolute atomic E-state index is 0.281. The van der Waals surface area contributed by atoms with Crippen molar-refractivity contribution in [3.63, 3.8) is 0 Å². The van der Waals surface area contributed by atoms with Crippen LogP contribution in [-0.4, -0.2) is 16.3 Å². The van der Waals surface area contributed by atoms with Gasteiger partial charge in [0.05, 0.1) is 11.7 Å². The summed E-state index contributed by atoms with van der Waals surface area (Å²) in [5.41, 5.74) is 2.52. The lowest BCUT2D eigenvalue weighted by Crippen LogP contribution is -2.28. The minimum atomic E-state index is 0.281. The van der Waals surface area contributed by atoms with Crippen molar-refractivity contribution in [3.05, 3.63) is 53.9 Å². The fourth-order valence-electron chi connectivity index (χ4n) is 2.72. The SMILES string of the molecule is CCCNC(c1ccn(C)n1)C(CC)c1ccccc1. The van der Waals surface area contributed by atoms with Gasteiger partial charge in [-0.2, -0.15) is 5.10 Å². The highest BCUT2D eigenvalue weighted by molar-refractivity contribution is 5.24. The van der Waals surface area contributed by atoms with E-state index in [1.54, 1.807) is 0 Å². The molecule has 1 aromatic carbocycles. The molecule has 1 N–H and O–H groups in total. The third kappa shape index (κ3) is 3.48. The van der Waals surface area contributed by atoms with Gasteiger partial charge in [0.15, 0.2) is 0 Å². The van der Waals surface area contributed by atoms with Crippen LogP contribution in [-0.2, 0) is 7.05 Å². The van der Waals surface area contributed by atoms with Gasteiger partial charge in [-0.1, -0.05) is 44.2 Å². The summed E-state index contributed by atoms with van der Waals surface area (Å²) in [4.78, 5) is 0. The second-order valence-corrected chi connectivity index (χ2v) is 5.27. The van der Waals surface area contributed by atoms with Gasteiger partial charge in [-0.05, 0) is 31.0 Å². The Balaban J connectivity index is 2.28. The second-order valence-electron chi connectivity index (χ2n) is 5.27. The van der Waals surface area contributed by atoms with Crippen molar-refractivity contribution >= 4 is 0 Å². The molecular weight excluding hydrogens is 246 g/mol. The summed E-state index contributed by atoms with van der Waals surface area (Å²) in [7, 11) is 1.98. The third-order valence-electron chi connectivity index (χ3n) is 3.74. The predicted octanol–water partition coefficient (Wildman–Crippen LogP) is 3.65. The zero-order valence-corrected chi connectivity index (χ0v) is 12.7. The fourth-order valence-corrected chi connectivity index (χ4v) is 2.72. The average molecular weight is 271 g/mol. The molecule has 0 bridgehead atoms. The van der Waals surface area contributed by atoms with Crippen molar-refractivity contribution in [1.29, 1.82) is 0 Å². The first kappa shape index (κ1) is 14.8. The normalized spacial score (nSPS) is 14.2. The van der Waals surface area contributed by atoms with Crippen LogP contribution < -0.4 is 5.32 Å². The summed E-state index contributed by atoms with van der Waals surface area (Å²) < 4.78 is 1.88. The molecule has 1 heterocycles. The first-order valence-electron chi connectivity index (χ1n) is 7.54. The van der Waals surface area contributed by atoms with Gasteiger partial charge >= 0.3 is 0 Å². The molecule has 0 radical (unpaired) electrons. The zero-order valence-electron chi connectivity index (χ0n) is 12.7. The van der Waals surface area contributed by atoms with E-state index in [-0.39, 0.29) is 6.04 Å². The quantitative estimate of drug-likeness (QED) is 0.833. The van der Waals surface area contributed by atoms with E-state index < -0.39 is 0 Å². The minimum Gasteiger partial charge on any atom is -0.308 e. The monoisotopic (exact) mass is 271 g/mol. The number of hydrogen-bond acceptors (Lipinski definition) is 2. The highest BCUT2D eigenvalue weighted by Crippen LogP contribution is 2.32. The highest BCUT2D eigenvalue weighted by atomic mass is 15.3. The molecule has 0 saturated heterocycles. The van der Waals surface area contributed by atoms with Gasteiger partial charge in [0.1, 0.15) is 0 Å². The molecule has 2 atom stereocenters. The molecular formula is C17H25N3. The maximum atomic E-state index is 4.61. The molecule has 0 amide bonds. The number of hydrogen-bond donors (Lipinski definition) is 1. The van der Waals surface area contributed by atoms with E-state index in [4.69, 9.17) is 0 Å². The topological polar surface area (TPSA) is 29.9 Å². The van der Waals surface area contributed by atoms with Crippen molar-refractivity contribution in [2.24, 2.45) is 7.05 Å². The molecule has 0 fully saturated rings. The Kier molecular flexibility index (Phi) is 5.36. The van der Waals surface area contributed by atoms with E-state index in [2.05, 4.69) is 60.7 Å². The maximum Gasteiger partial charge on any atom is 0.0800 e. The van der Waals surface area contributed by atoms with Crippen molar-refractivity contribution in [2.75, 3.05) is 6.54 Å². The molecule has 1 aromatic heterocycles. The Bertz CT molecular complexity index is 504. The average Bonchev–Trinajstić information content (AvgIpc) is 2.90. The van der Waals surface area contributed by atoms with E-state index in [1.165, 1.54) is 5.56 Å². The van der Waals surface area contributed by atoms with Crippen molar-refractivity contribution in [1.82, 2.24) is 15.1 Å². The van der Waals surface area contributed by atoms with Crippen LogP contribution in [0.4, 0.5) is 0 Å². The predicted molar refractivity (Wildman–Crippen MR) is 83.7 cm³/mol. The smallest absolute Gasteiger partial charge is 0.0800 e. The Morgan fingerprint density at radius 2 is 1.90 bits per heavy atom. The summed E-state index contributed by atoms with van der Waals surface area (Å²) in [5.74, 6) is 0.456. The lowest BCUT2D eigenvalue weighted by atomic mass is 9.87. The van der Waals surface area contributed by atoms with Crippen LogP contribution in [0.1, 0.15) is 49.9 Å². The number of nitrogens with zero attached hydrogens (tertiary/aromatic N) is 2. The molecule has 0 spiro atoms. The number of aromatic nitrogens is 2. The Hall–Kier alpha value is -1.61. The summed E-state index contributed by atoms with van der Waals surface area (Å²) in [5, 5.41) is 8.29. The van der Waals surface area contributed by atoms with Gasteiger partial charge in [0.2, 0.25) is 0 Å². The highest BCUT2D eigenvalue weighted by Gasteiger charge is 2.24. The lowest BCUT2D eigenvalue weighted by molar-refractivity contribution is 0.423. The summed E-state index contributed by atoms with van der Waals surface area (Å²) in [6.07, 6.45) is 4.25. The molecule has 3 nitrogen and oxygen atoms in total. The molecule has 2 rings (SSSR count). The van der Waals surface area contributed by atoms with E-state index in [0.29, 0.717) is 5.92 Å². The maximum absolute atomic E-state index is 4.61. The molecule has 2 unspecified atom stereocenters. The number of benzene rings is 1. The molecule has 3 heteroatoms. The molecule has 0 aliphatic rings. The van der Waals surface area contributed by atoms with Crippen LogP contribution in [0.25, 0.3) is 0 Å². The molecule has 2 aromatic rings. The standard InChI is InChI=1S/C17H25N3/c1-4-12-18-17(16-11-13-20(3)19-16)15(5-2)14-9-7-6-8-10-14/h6-11,13,15,17-18H,4-5,12H2,1-3H3. The van der Waals surface area contributed by atoms with E-state index >= 15 is 0 Å². The van der Waals surface area contributed by atoms with Gasteiger partial charge in [-0.15, -0.1) is 0 Å². The van der Waals surface area contributed by atoms with Gasteiger partial charge in [-0.3, -0.25) is 4.68 Å². The van der Waals surface area contributed by atoms with Crippen LogP contribution in [0.5, 0.6) is 0 Å². The number of aryl methyl sites for hydroxylation is 1. The van der Waals surface area contributed by atoms with Gasteiger partial charge in [0, 0.05) is 19.2 Å². The van der Waals surface area contributed by atoms with Crippen LogP contribution in [0.2, 0.25) is 0 Å². The van der Waals surface area contributed by atoms with E-state index in [0.717, 1.165) is 25.1 Å². The Morgan fingerprint density at radius 3 is 2.45 bits per heavy atom. The zero-order chi connectivity index (χ0) is 14.4. The first-order chi connectivity index (χ1) is 9.76. The van der Waals surface area contributed by atoms with Crippen LogP contribution in [0, 0.1) is 0 Å². The van der Waals surface area contributed by atoms with Crippen molar-refractivity contribution in [3.8, 4) is 0 Å². The van der Waals surface area contributed by atoms with Gasteiger partial charge in [0.25, 0.3) is 0 Å². The van der Waals surface area contributed by atoms with Crippen molar-refractivity contribution in [2.45, 2.75) is 38.6 Å². The number of rotatable bonds is 7. The van der Waals surface area contributed by atoms with E-state index in [1.807, 2.05) is 17.9 Å². The fraction of sp³-hybridized carbons (Fsp3) is 0.471.